The largest absolute Gasteiger partial charge is 0.274 e. The van der Waals surface area contributed by atoms with Gasteiger partial charge in [-0.05, 0) is 74.6 Å². The molecule has 3 nitrogen and oxygen atoms in total. The number of benzene rings is 1. The Morgan fingerprint density at radius 1 is 0.833 bits per heavy atom. The highest BCUT2D eigenvalue weighted by molar-refractivity contribution is 6.22. The molecule has 1 aromatic rings. The monoisotopic (exact) mass is 325 g/mol. The predicted molar refractivity (Wildman–Crippen MR) is 87.6 cm³/mol. The minimum absolute atomic E-state index is 0.0630. The quantitative estimate of drug-likeness (QED) is 0.581. The zero-order valence-electron chi connectivity index (χ0n) is 13.5. The molecular formula is C20H20FNO2. The van der Waals surface area contributed by atoms with E-state index < -0.39 is 0 Å². The molecule has 3 aliphatic carbocycles. The fraction of sp³-hybridized carbons (Fsp3) is 0.500. The van der Waals surface area contributed by atoms with Gasteiger partial charge in [0.05, 0.1) is 17.5 Å². The van der Waals surface area contributed by atoms with Gasteiger partial charge < -0.3 is 0 Å². The first kappa shape index (κ1) is 14.4. The zero-order valence-corrected chi connectivity index (χ0v) is 13.5. The fourth-order valence-corrected chi connectivity index (χ4v) is 5.74. The number of nitrogens with zero attached hydrogens (tertiary/aromatic N) is 1. The van der Waals surface area contributed by atoms with Crippen molar-refractivity contribution in [3.63, 3.8) is 0 Å². The van der Waals surface area contributed by atoms with Crippen LogP contribution in [0.25, 0.3) is 0 Å². The molecule has 0 bridgehead atoms. The van der Waals surface area contributed by atoms with Crippen LogP contribution in [0.15, 0.2) is 35.4 Å². The number of rotatable bonds is 1. The minimum atomic E-state index is -0.354. The molecule has 4 aliphatic rings. The van der Waals surface area contributed by atoms with E-state index in [2.05, 4.69) is 0 Å². The Hall–Kier alpha value is -1.97. The van der Waals surface area contributed by atoms with E-state index in [1.165, 1.54) is 28.2 Å². The summed E-state index contributed by atoms with van der Waals surface area (Å²) in [6.07, 6.45) is 6.55. The summed E-state index contributed by atoms with van der Waals surface area (Å²) in [5.41, 5.74) is 3.52. The summed E-state index contributed by atoms with van der Waals surface area (Å²) in [4.78, 5) is 27.7. The van der Waals surface area contributed by atoms with Crippen molar-refractivity contribution >= 4 is 17.5 Å². The average Bonchev–Trinajstić information content (AvgIpc) is 3.27. The number of fused-ring (bicyclic) bond motifs is 5. The first-order chi connectivity index (χ1) is 11.7. The van der Waals surface area contributed by atoms with Crippen LogP contribution in [0, 0.1) is 29.5 Å². The van der Waals surface area contributed by atoms with E-state index in [-0.39, 0.29) is 41.3 Å². The molecule has 3 fully saturated rings. The first-order valence-corrected chi connectivity index (χ1v) is 9.02. The molecule has 24 heavy (non-hydrogen) atoms. The Morgan fingerprint density at radius 3 is 1.83 bits per heavy atom. The van der Waals surface area contributed by atoms with Gasteiger partial charge >= 0.3 is 0 Å². The zero-order chi connectivity index (χ0) is 16.4. The number of carbonyl (C=O) groups is 2. The molecule has 1 aromatic carbocycles. The second-order valence-corrected chi connectivity index (χ2v) is 7.59. The molecule has 1 aliphatic heterocycles. The van der Waals surface area contributed by atoms with Gasteiger partial charge in [-0.1, -0.05) is 11.1 Å². The first-order valence-electron chi connectivity index (χ1n) is 9.02. The van der Waals surface area contributed by atoms with Crippen LogP contribution in [-0.2, 0) is 9.59 Å². The van der Waals surface area contributed by atoms with Gasteiger partial charge in [0, 0.05) is 0 Å². The SMILES string of the molecule is O=C1[C@@H]2[C@H](C(=O)N1c1ccc(F)cc1)[C@@H]1CCCC1=C1CCC[C@H]12. The maximum Gasteiger partial charge on any atom is 0.238 e. The molecule has 0 spiro atoms. The molecule has 4 heteroatoms. The molecule has 0 radical (unpaired) electrons. The number of amides is 2. The van der Waals surface area contributed by atoms with Crippen LogP contribution in [0.5, 0.6) is 0 Å². The van der Waals surface area contributed by atoms with Gasteiger partial charge in [0.25, 0.3) is 0 Å². The van der Waals surface area contributed by atoms with Crippen LogP contribution in [0.4, 0.5) is 10.1 Å². The lowest BCUT2D eigenvalue weighted by atomic mass is 9.66. The van der Waals surface area contributed by atoms with Crippen LogP contribution in [0.3, 0.4) is 0 Å². The molecule has 2 amide bonds. The molecule has 1 saturated heterocycles. The van der Waals surface area contributed by atoms with Crippen LogP contribution in [0.2, 0.25) is 0 Å². The molecule has 0 N–H and O–H groups in total. The topological polar surface area (TPSA) is 37.4 Å². The molecular weight excluding hydrogens is 305 g/mol. The van der Waals surface area contributed by atoms with E-state index in [4.69, 9.17) is 0 Å². The number of anilines is 1. The molecule has 0 aromatic heterocycles. The number of hydrogen-bond donors (Lipinski definition) is 0. The Bertz CT molecular complexity index is 724. The van der Waals surface area contributed by atoms with E-state index in [1.54, 1.807) is 12.1 Å². The Balaban J connectivity index is 1.60. The number of allylic oxidation sites excluding steroid dienone is 2. The van der Waals surface area contributed by atoms with Crippen molar-refractivity contribution in [2.45, 2.75) is 38.5 Å². The van der Waals surface area contributed by atoms with Crippen molar-refractivity contribution in [1.29, 1.82) is 0 Å². The molecule has 5 rings (SSSR count). The number of carbonyl (C=O) groups excluding carboxylic acids is 2. The van der Waals surface area contributed by atoms with Crippen molar-refractivity contribution in [2.24, 2.45) is 23.7 Å². The predicted octanol–water partition coefficient (Wildman–Crippen LogP) is 3.84. The van der Waals surface area contributed by atoms with Gasteiger partial charge in [-0.2, -0.15) is 0 Å². The van der Waals surface area contributed by atoms with Gasteiger partial charge in [0.15, 0.2) is 0 Å². The molecule has 2 saturated carbocycles. The second kappa shape index (κ2) is 5.01. The molecule has 1 heterocycles. The van der Waals surface area contributed by atoms with E-state index in [0.29, 0.717) is 5.69 Å². The van der Waals surface area contributed by atoms with E-state index in [9.17, 15) is 14.0 Å². The summed E-state index contributed by atoms with van der Waals surface area (Å²) in [7, 11) is 0. The summed E-state index contributed by atoms with van der Waals surface area (Å²) in [5, 5.41) is 0. The van der Waals surface area contributed by atoms with Gasteiger partial charge in [-0.15, -0.1) is 0 Å². The summed E-state index contributed by atoms with van der Waals surface area (Å²) in [6, 6.07) is 5.72. The van der Waals surface area contributed by atoms with Crippen molar-refractivity contribution in [3.05, 3.63) is 41.2 Å². The van der Waals surface area contributed by atoms with E-state index in [1.807, 2.05) is 0 Å². The maximum atomic E-state index is 13.2. The lowest BCUT2D eigenvalue weighted by Crippen LogP contribution is -2.35. The molecule has 0 unspecified atom stereocenters. The summed E-state index contributed by atoms with van der Waals surface area (Å²) in [5.74, 6) is -0.326. The highest BCUT2D eigenvalue weighted by Gasteiger charge is 2.59. The minimum Gasteiger partial charge on any atom is -0.274 e. The summed E-state index contributed by atoms with van der Waals surface area (Å²) in [6.45, 7) is 0. The normalized spacial score (nSPS) is 34.6. The van der Waals surface area contributed by atoms with Crippen molar-refractivity contribution in [2.75, 3.05) is 4.90 Å². The van der Waals surface area contributed by atoms with Crippen LogP contribution in [-0.4, -0.2) is 11.8 Å². The second-order valence-electron chi connectivity index (χ2n) is 7.59. The highest BCUT2D eigenvalue weighted by atomic mass is 19.1. The third kappa shape index (κ3) is 1.77. The fourth-order valence-electron chi connectivity index (χ4n) is 5.74. The molecule has 124 valence electrons. The van der Waals surface area contributed by atoms with Crippen LogP contribution in [0.1, 0.15) is 38.5 Å². The van der Waals surface area contributed by atoms with Gasteiger partial charge in [0.2, 0.25) is 11.8 Å². The lowest BCUT2D eigenvalue weighted by Gasteiger charge is -2.34. The molecule has 4 atom stereocenters. The van der Waals surface area contributed by atoms with Gasteiger partial charge in [0.1, 0.15) is 5.82 Å². The average molecular weight is 325 g/mol. The van der Waals surface area contributed by atoms with E-state index in [0.717, 1.165) is 38.5 Å². The van der Waals surface area contributed by atoms with Gasteiger partial charge in [-0.3, -0.25) is 14.5 Å². The van der Waals surface area contributed by atoms with Crippen molar-refractivity contribution < 1.29 is 14.0 Å². The van der Waals surface area contributed by atoms with Crippen LogP contribution < -0.4 is 4.90 Å². The smallest absolute Gasteiger partial charge is 0.238 e. The third-order valence-electron chi connectivity index (χ3n) is 6.58. The van der Waals surface area contributed by atoms with Crippen molar-refractivity contribution in [3.8, 4) is 0 Å². The Labute approximate surface area is 140 Å². The summed E-state index contributed by atoms with van der Waals surface area (Å²) >= 11 is 0. The number of imide groups is 1. The summed E-state index contributed by atoms with van der Waals surface area (Å²) < 4.78 is 13.2. The van der Waals surface area contributed by atoms with Crippen molar-refractivity contribution in [1.82, 2.24) is 0 Å². The number of hydrogen-bond acceptors (Lipinski definition) is 2. The van der Waals surface area contributed by atoms with Crippen LogP contribution >= 0.6 is 0 Å². The lowest BCUT2D eigenvalue weighted by molar-refractivity contribution is -0.122. The number of halogens is 1. The highest BCUT2D eigenvalue weighted by Crippen LogP contribution is 2.57. The van der Waals surface area contributed by atoms with E-state index >= 15 is 0 Å². The van der Waals surface area contributed by atoms with Gasteiger partial charge in [-0.25, -0.2) is 4.39 Å². The Kier molecular flexibility index (Phi) is 3.00. The Morgan fingerprint density at radius 2 is 1.33 bits per heavy atom. The standard InChI is InChI=1S/C20H20FNO2/c21-11-7-9-12(10-8-11)22-19(23)17-15-5-1-3-13(15)14-4-2-6-16(14)18(17)20(22)24/h7-10,15-18H,1-6H2/t15-,16-,17-,18+/m1/s1. The third-order valence-corrected chi connectivity index (χ3v) is 6.58. The maximum absolute atomic E-state index is 13.2.